The number of carbonyl (C=O) groups is 2. The van der Waals surface area contributed by atoms with Crippen molar-refractivity contribution >= 4 is 29.2 Å². The molecule has 0 aliphatic heterocycles. The summed E-state index contributed by atoms with van der Waals surface area (Å²) in [5.74, 6) is -0.315. The number of hydrogen-bond donors (Lipinski definition) is 0. The zero-order valence-corrected chi connectivity index (χ0v) is 14.6. The van der Waals surface area contributed by atoms with Crippen molar-refractivity contribution in [2.75, 3.05) is 6.61 Å². The minimum atomic E-state index is -0.599. The molecule has 0 aliphatic rings. The van der Waals surface area contributed by atoms with Crippen LogP contribution < -0.4 is 0 Å². The van der Waals surface area contributed by atoms with Gasteiger partial charge in [-0.2, -0.15) is 0 Å². The molecular weight excluding hydrogens is 340 g/mol. The molecule has 0 unspecified atom stereocenters. The Hall–Kier alpha value is -2.93. The predicted molar refractivity (Wildman–Crippen MR) is 93.9 cm³/mol. The Morgan fingerprint density at radius 1 is 1.40 bits per heavy atom. The van der Waals surface area contributed by atoms with Crippen LogP contribution in [0.3, 0.4) is 0 Å². The van der Waals surface area contributed by atoms with Crippen molar-refractivity contribution < 1.29 is 18.7 Å². The van der Waals surface area contributed by atoms with Gasteiger partial charge in [0.15, 0.2) is 11.7 Å². The van der Waals surface area contributed by atoms with Crippen molar-refractivity contribution in [1.82, 2.24) is 9.55 Å². The second-order valence-electron chi connectivity index (χ2n) is 5.31. The van der Waals surface area contributed by atoms with Crippen molar-refractivity contribution in [2.45, 2.75) is 13.8 Å². The molecule has 0 aromatic carbocycles. The van der Waals surface area contributed by atoms with E-state index in [9.17, 15) is 9.59 Å². The molecule has 0 aliphatic carbocycles. The van der Waals surface area contributed by atoms with Crippen molar-refractivity contribution in [3.8, 4) is 5.13 Å². The third-order valence-corrected chi connectivity index (χ3v) is 4.37. The highest BCUT2D eigenvalue weighted by atomic mass is 32.1. The summed E-state index contributed by atoms with van der Waals surface area (Å²) in [5.41, 5.74) is 2.20. The van der Waals surface area contributed by atoms with Gasteiger partial charge >= 0.3 is 5.97 Å². The molecule has 0 fully saturated rings. The van der Waals surface area contributed by atoms with E-state index in [1.807, 2.05) is 23.8 Å². The number of ether oxygens (including phenoxy) is 1. The number of ketones is 1. The van der Waals surface area contributed by atoms with Crippen molar-refractivity contribution in [3.05, 3.63) is 64.8 Å². The summed E-state index contributed by atoms with van der Waals surface area (Å²) in [6.45, 7) is 3.44. The van der Waals surface area contributed by atoms with Gasteiger partial charge in [0.2, 0.25) is 5.78 Å². The van der Waals surface area contributed by atoms with Crippen LogP contribution in [0.5, 0.6) is 0 Å². The molecule has 0 N–H and O–H groups in total. The van der Waals surface area contributed by atoms with Gasteiger partial charge in [0, 0.05) is 34.6 Å². The van der Waals surface area contributed by atoms with Gasteiger partial charge in [-0.3, -0.25) is 9.36 Å². The smallest absolute Gasteiger partial charge is 0.331 e. The highest BCUT2D eigenvalue weighted by Crippen LogP contribution is 2.22. The lowest BCUT2D eigenvalue weighted by molar-refractivity contribution is -0.136. The van der Waals surface area contributed by atoms with Crippen LogP contribution in [0.25, 0.3) is 11.2 Å². The van der Waals surface area contributed by atoms with E-state index < -0.39 is 5.97 Å². The van der Waals surface area contributed by atoms with E-state index in [2.05, 4.69) is 4.98 Å². The molecule has 0 bridgehead atoms. The molecule has 3 aromatic rings. The first-order chi connectivity index (χ1) is 12.1. The molecule has 7 heteroatoms. The van der Waals surface area contributed by atoms with E-state index in [4.69, 9.17) is 9.15 Å². The summed E-state index contributed by atoms with van der Waals surface area (Å²) in [7, 11) is 0. The fraction of sp³-hybridized carbons (Fsp3) is 0.167. The SMILES string of the molecule is Cc1cc(C(=O)COC(=O)/C=C/c2ccco2)c(C)n1-c1nccs1. The summed E-state index contributed by atoms with van der Waals surface area (Å²) in [5, 5.41) is 2.68. The maximum atomic E-state index is 12.4. The first kappa shape index (κ1) is 16.9. The van der Waals surface area contributed by atoms with Gasteiger partial charge in [-0.15, -0.1) is 11.3 Å². The number of esters is 1. The monoisotopic (exact) mass is 356 g/mol. The number of carbonyl (C=O) groups excluding carboxylic acids is 2. The molecule has 0 atom stereocenters. The standard InChI is InChI=1S/C18H16N2O4S/c1-12-10-15(13(2)20(12)18-19-7-9-25-18)16(21)11-24-17(22)6-5-14-4-3-8-23-14/h3-10H,11H2,1-2H3/b6-5+. The zero-order valence-electron chi connectivity index (χ0n) is 13.8. The van der Waals surface area contributed by atoms with Gasteiger partial charge in [0.05, 0.1) is 6.26 Å². The first-order valence-corrected chi connectivity index (χ1v) is 8.44. The number of Topliss-reactive ketones (excluding diaryl/α,β-unsaturated/α-hetero) is 1. The lowest BCUT2D eigenvalue weighted by atomic mass is 10.1. The van der Waals surface area contributed by atoms with Crippen LogP contribution in [0.15, 0.2) is 46.5 Å². The molecule has 0 amide bonds. The highest BCUT2D eigenvalue weighted by Gasteiger charge is 2.18. The summed E-state index contributed by atoms with van der Waals surface area (Å²) >= 11 is 1.49. The van der Waals surface area contributed by atoms with Crippen LogP contribution in [0, 0.1) is 13.8 Å². The largest absolute Gasteiger partial charge is 0.465 e. The Kier molecular flexibility index (Phi) is 4.95. The van der Waals surface area contributed by atoms with E-state index in [-0.39, 0.29) is 12.4 Å². The van der Waals surface area contributed by atoms with Gasteiger partial charge in [-0.1, -0.05) is 0 Å². The second kappa shape index (κ2) is 7.31. The number of aryl methyl sites for hydroxylation is 1. The van der Waals surface area contributed by atoms with Crippen LogP contribution >= 0.6 is 11.3 Å². The molecule has 0 saturated carbocycles. The number of aromatic nitrogens is 2. The topological polar surface area (TPSA) is 74.3 Å². The Balaban J connectivity index is 1.66. The van der Waals surface area contributed by atoms with E-state index in [0.717, 1.165) is 16.5 Å². The zero-order chi connectivity index (χ0) is 17.8. The molecule has 0 radical (unpaired) electrons. The Labute approximate surface area is 148 Å². The van der Waals surface area contributed by atoms with E-state index >= 15 is 0 Å². The van der Waals surface area contributed by atoms with Gasteiger partial charge in [0.1, 0.15) is 5.76 Å². The Bertz CT molecular complexity index is 905. The number of rotatable bonds is 6. The van der Waals surface area contributed by atoms with Gasteiger partial charge in [-0.05, 0) is 38.1 Å². The van der Waals surface area contributed by atoms with Crippen LogP contribution in [0.1, 0.15) is 27.5 Å². The third-order valence-electron chi connectivity index (χ3n) is 3.61. The fourth-order valence-corrected chi connectivity index (χ4v) is 3.22. The van der Waals surface area contributed by atoms with Gasteiger partial charge < -0.3 is 9.15 Å². The minimum Gasteiger partial charge on any atom is -0.465 e. The maximum Gasteiger partial charge on any atom is 0.331 e. The molecule has 3 aromatic heterocycles. The van der Waals surface area contributed by atoms with E-state index in [1.54, 1.807) is 24.4 Å². The molecule has 128 valence electrons. The molecule has 3 heterocycles. The van der Waals surface area contributed by atoms with Crippen LogP contribution in [0.4, 0.5) is 0 Å². The molecule has 0 spiro atoms. The third kappa shape index (κ3) is 3.77. The molecule has 0 saturated heterocycles. The highest BCUT2D eigenvalue weighted by molar-refractivity contribution is 7.12. The Morgan fingerprint density at radius 3 is 2.92 bits per heavy atom. The number of hydrogen-bond acceptors (Lipinski definition) is 6. The average Bonchev–Trinajstić information content (AvgIpc) is 3.32. The van der Waals surface area contributed by atoms with Gasteiger partial charge in [-0.25, -0.2) is 9.78 Å². The van der Waals surface area contributed by atoms with Crippen LogP contribution in [-0.4, -0.2) is 27.9 Å². The lowest BCUT2D eigenvalue weighted by Crippen LogP contribution is -2.13. The average molecular weight is 356 g/mol. The second-order valence-corrected chi connectivity index (χ2v) is 6.19. The van der Waals surface area contributed by atoms with Crippen LogP contribution in [-0.2, 0) is 9.53 Å². The number of thiazole rings is 1. The fourth-order valence-electron chi connectivity index (χ4n) is 2.46. The molecule has 6 nitrogen and oxygen atoms in total. The number of furan rings is 1. The van der Waals surface area contributed by atoms with E-state index in [0.29, 0.717) is 11.3 Å². The van der Waals surface area contributed by atoms with Crippen molar-refractivity contribution in [2.24, 2.45) is 0 Å². The molecule has 3 rings (SSSR count). The van der Waals surface area contributed by atoms with Crippen molar-refractivity contribution in [1.29, 1.82) is 0 Å². The lowest BCUT2D eigenvalue weighted by Gasteiger charge is -2.05. The molecule has 25 heavy (non-hydrogen) atoms. The van der Waals surface area contributed by atoms with Crippen LogP contribution in [0.2, 0.25) is 0 Å². The summed E-state index contributed by atoms with van der Waals surface area (Å²) < 4.78 is 12.0. The first-order valence-electron chi connectivity index (χ1n) is 7.56. The van der Waals surface area contributed by atoms with Crippen molar-refractivity contribution in [3.63, 3.8) is 0 Å². The normalized spacial score (nSPS) is 11.1. The predicted octanol–water partition coefficient (Wildman–Crippen LogP) is 3.58. The summed E-state index contributed by atoms with van der Waals surface area (Å²) in [6, 6.07) is 5.21. The summed E-state index contributed by atoms with van der Waals surface area (Å²) in [4.78, 5) is 28.4. The molecular formula is C18H16N2O4S. The quantitative estimate of drug-likeness (QED) is 0.383. The summed E-state index contributed by atoms with van der Waals surface area (Å²) in [6.07, 6.45) is 5.94. The van der Waals surface area contributed by atoms with Gasteiger partial charge in [0.25, 0.3) is 0 Å². The van der Waals surface area contributed by atoms with E-state index in [1.165, 1.54) is 29.8 Å². The Morgan fingerprint density at radius 2 is 2.24 bits per heavy atom. The maximum absolute atomic E-state index is 12.4. The minimum absolute atomic E-state index is 0.254. The number of nitrogens with zero attached hydrogens (tertiary/aromatic N) is 2.